The molecule has 24 heavy (non-hydrogen) atoms. The summed E-state index contributed by atoms with van der Waals surface area (Å²) in [7, 11) is 0. The largest absolute Gasteiger partial charge is 0.444 e. The molecule has 3 N–H and O–H groups in total. The van der Waals surface area contributed by atoms with E-state index < -0.39 is 17.5 Å². The van der Waals surface area contributed by atoms with Gasteiger partial charge in [0.15, 0.2) is 5.69 Å². The predicted octanol–water partition coefficient (Wildman–Crippen LogP) is 3.13. The van der Waals surface area contributed by atoms with Crippen LogP contribution in [-0.2, 0) is 6.54 Å². The fraction of sp³-hybridized carbons (Fsp3) is 0.0588. The third-order valence-electron chi connectivity index (χ3n) is 3.38. The van der Waals surface area contributed by atoms with Gasteiger partial charge in [0.05, 0.1) is 5.56 Å². The van der Waals surface area contributed by atoms with Gasteiger partial charge in [0.25, 0.3) is 5.91 Å². The molecule has 3 rings (SSSR count). The number of carbonyl (C=O) groups excluding carboxylic acids is 1. The topological polar surface area (TPSA) is 81.1 Å². The highest BCUT2D eigenvalue weighted by atomic mass is 19.1. The summed E-state index contributed by atoms with van der Waals surface area (Å²) in [6.45, 7) is -0.169. The molecule has 3 aromatic rings. The van der Waals surface area contributed by atoms with Crippen LogP contribution in [0.5, 0.6) is 0 Å². The molecular formula is C17H13F2N3O2. The molecule has 0 aliphatic carbocycles. The van der Waals surface area contributed by atoms with Crippen LogP contribution < -0.4 is 11.1 Å². The maximum atomic E-state index is 13.5. The maximum Gasteiger partial charge on any atom is 0.273 e. The number of hydrogen-bond acceptors (Lipinski definition) is 4. The van der Waals surface area contributed by atoms with Crippen molar-refractivity contribution in [2.75, 3.05) is 5.73 Å². The van der Waals surface area contributed by atoms with E-state index in [0.29, 0.717) is 11.3 Å². The molecule has 1 amide bonds. The molecule has 0 radical (unpaired) electrons. The molecule has 0 spiro atoms. The first-order valence-corrected chi connectivity index (χ1v) is 7.07. The molecule has 0 atom stereocenters. The Morgan fingerprint density at radius 1 is 1.21 bits per heavy atom. The van der Waals surface area contributed by atoms with Crippen LogP contribution in [0.1, 0.15) is 16.1 Å². The standard InChI is InChI=1S/C17H13F2N3O2/c18-11-5-6-13(19)10(7-11)8-21-16(23)15-9-24-17(22-15)12-3-1-2-4-14(12)20/h1-7,9H,8,20H2,(H,21,23). The van der Waals surface area contributed by atoms with Gasteiger partial charge in [-0.25, -0.2) is 13.8 Å². The van der Waals surface area contributed by atoms with Gasteiger partial charge >= 0.3 is 0 Å². The van der Waals surface area contributed by atoms with E-state index in [4.69, 9.17) is 10.2 Å². The summed E-state index contributed by atoms with van der Waals surface area (Å²) in [5, 5.41) is 2.46. The average Bonchev–Trinajstić information content (AvgIpc) is 3.05. The van der Waals surface area contributed by atoms with E-state index in [0.717, 1.165) is 18.2 Å². The van der Waals surface area contributed by atoms with Crippen LogP contribution >= 0.6 is 0 Å². The summed E-state index contributed by atoms with van der Waals surface area (Å²) in [6.07, 6.45) is 1.18. The first-order valence-electron chi connectivity index (χ1n) is 7.07. The van der Waals surface area contributed by atoms with Crippen molar-refractivity contribution in [1.82, 2.24) is 10.3 Å². The fourth-order valence-electron chi connectivity index (χ4n) is 2.14. The van der Waals surface area contributed by atoms with E-state index in [1.54, 1.807) is 24.3 Å². The molecule has 0 unspecified atom stereocenters. The van der Waals surface area contributed by atoms with Crippen molar-refractivity contribution >= 4 is 11.6 Å². The lowest BCUT2D eigenvalue weighted by atomic mass is 10.2. The van der Waals surface area contributed by atoms with Crippen molar-refractivity contribution in [1.29, 1.82) is 0 Å². The van der Waals surface area contributed by atoms with Crippen LogP contribution in [0.15, 0.2) is 53.1 Å². The summed E-state index contributed by atoms with van der Waals surface area (Å²) in [4.78, 5) is 16.1. The van der Waals surface area contributed by atoms with E-state index in [2.05, 4.69) is 10.3 Å². The molecule has 1 aromatic heterocycles. The van der Waals surface area contributed by atoms with E-state index in [-0.39, 0.29) is 23.7 Å². The number of amides is 1. The molecular weight excluding hydrogens is 316 g/mol. The molecule has 122 valence electrons. The maximum absolute atomic E-state index is 13.5. The minimum absolute atomic E-state index is 0.0186. The molecule has 0 aliphatic rings. The van der Waals surface area contributed by atoms with Crippen LogP contribution in [0.3, 0.4) is 0 Å². The van der Waals surface area contributed by atoms with Gasteiger partial charge in [0, 0.05) is 17.8 Å². The number of nitrogens with zero attached hydrogens (tertiary/aromatic N) is 1. The summed E-state index contributed by atoms with van der Waals surface area (Å²) < 4.78 is 31.9. The summed E-state index contributed by atoms with van der Waals surface area (Å²) in [5.74, 6) is -1.54. The monoisotopic (exact) mass is 329 g/mol. The van der Waals surface area contributed by atoms with Gasteiger partial charge in [0.1, 0.15) is 17.9 Å². The average molecular weight is 329 g/mol. The zero-order chi connectivity index (χ0) is 17.1. The number of anilines is 1. The minimum Gasteiger partial charge on any atom is -0.444 e. The second kappa shape index (κ2) is 6.49. The van der Waals surface area contributed by atoms with Gasteiger partial charge in [-0.15, -0.1) is 0 Å². The smallest absolute Gasteiger partial charge is 0.273 e. The molecule has 0 saturated carbocycles. The fourth-order valence-corrected chi connectivity index (χ4v) is 2.14. The zero-order valence-corrected chi connectivity index (χ0v) is 12.4. The summed E-state index contributed by atoms with van der Waals surface area (Å²) in [5.41, 5.74) is 6.91. The second-order valence-corrected chi connectivity index (χ2v) is 5.04. The molecule has 0 bridgehead atoms. The van der Waals surface area contributed by atoms with Gasteiger partial charge in [0.2, 0.25) is 5.89 Å². The number of oxazole rings is 1. The number of para-hydroxylation sites is 1. The molecule has 0 fully saturated rings. The number of hydrogen-bond donors (Lipinski definition) is 2. The number of halogens is 2. The van der Waals surface area contributed by atoms with Crippen LogP contribution in [0.4, 0.5) is 14.5 Å². The van der Waals surface area contributed by atoms with Gasteiger partial charge in [-0.3, -0.25) is 4.79 Å². The Morgan fingerprint density at radius 3 is 2.79 bits per heavy atom. The number of nitrogen functional groups attached to an aromatic ring is 1. The molecule has 2 aromatic carbocycles. The molecule has 7 heteroatoms. The highest BCUT2D eigenvalue weighted by Crippen LogP contribution is 2.24. The quantitative estimate of drug-likeness (QED) is 0.721. The van der Waals surface area contributed by atoms with Gasteiger partial charge in [-0.05, 0) is 30.3 Å². The summed E-state index contributed by atoms with van der Waals surface area (Å²) in [6, 6.07) is 9.97. The van der Waals surface area contributed by atoms with E-state index in [9.17, 15) is 13.6 Å². The van der Waals surface area contributed by atoms with Crippen LogP contribution in [0.2, 0.25) is 0 Å². The van der Waals surface area contributed by atoms with E-state index >= 15 is 0 Å². The molecule has 1 heterocycles. The van der Waals surface area contributed by atoms with E-state index in [1.165, 1.54) is 6.26 Å². The zero-order valence-electron chi connectivity index (χ0n) is 12.4. The Bertz CT molecular complexity index is 893. The van der Waals surface area contributed by atoms with Gasteiger partial charge < -0.3 is 15.5 Å². The summed E-state index contributed by atoms with van der Waals surface area (Å²) >= 11 is 0. The van der Waals surface area contributed by atoms with Crippen LogP contribution in [0.25, 0.3) is 11.5 Å². The highest BCUT2D eigenvalue weighted by molar-refractivity contribution is 5.92. The Kier molecular flexibility index (Phi) is 4.24. The lowest BCUT2D eigenvalue weighted by molar-refractivity contribution is 0.0945. The van der Waals surface area contributed by atoms with E-state index in [1.807, 2.05) is 0 Å². The SMILES string of the molecule is Nc1ccccc1-c1nc(C(=O)NCc2cc(F)ccc2F)co1. The number of nitrogens with two attached hydrogens (primary N) is 1. The van der Waals surface area contributed by atoms with Crippen molar-refractivity contribution < 1.29 is 18.0 Å². The first-order chi connectivity index (χ1) is 11.5. The van der Waals surface area contributed by atoms with Gasteiger partial charge in [-0.2, -0.15) is 0 Å². The number of nitrogens with one attached hydrogen (secondary N) is 1. The van der Waals surface area contributed by atoms with Crippen molar-refractivity contribution in [3.63, 3.8) is 0 Å². The number of carbonyl (C=O) groups is 1. The van der Waals surface area contributed by atoms with Crippen molar-refractivity contribution in [2.45, 2.75) is 6.54 Å². The van der Waals surface area contributed by atoms with Crippen LogP contribution in [0, 0.1) is 11.6 Å². The highest BCUT2D eigenvalue weighted by Gasteiger charge is 2.15. The molecule has 0 aliphatic heterocycles. The Hall–Kier alpha value is -3.22. The number of rotatable bonds is 4. The van der Waals surface area contributed by atoms with Crippen molar-refractivity contribution in [2.24, 2.45) is 0 Å². The van der Waals surface area contributed by atoms with Crippen molar-refractivity contribution in [3.05, 3.63) is 71.6 Å². The lowest BCUT2D eigenvalue weighted by Crippen LogP contribution is -2.23. The minimum atomic E-state index is -0.602. The second-order valence-electron chi connectivity index (χ2n) is 5.04. The third kappa shape index (κ3) is 3.24. The lowest BCUT2D eigenvalue weighted by Gasteiger charge is -2.04. The molecule has 0 saturated heterocycles. The Balaban J connectivity index is 1.72. The molecule has 5 nitrogen and oxygen atoms in total. The van der Waals surface area contributed by atoms with Crippen LogP contribution in [-0.4, -0.2) is 10.9 Å². The Morgan fingerprint density at radius 2 is 2.00 bits per heavy atom. The predicted molar refractivity (Wildman–Crippen MR) is 83.9 cm³/mol. The third-order valence-corrected chi connectivity index (χ3v) is 3.38. The normalized spacial score (nSPS) is 10.6. The number of aromatic nitrogens is 1. The van der Waals surface area contributed by atoms with Crippen molar-refractivity contribution in [3.8, 4) is 11.5 Å². The Labute approximate surface area is 136 Å². The van der Waals surface area contributed by atoms with Gasteiger partial charge in [-0.1, -0.05) is 12.1 Å². The first kappa shape index (κ1) is 15.7. The number of benzene rings is 2.